The van der Waals surface area contributed by atoms with Gasteiger partial charge in [-0.3, -0.25) is 9.59 Å². The molecular formula is C23H27BrCl2N2O3. The third kappa shape index (κ3) is 7.41. The topological polar surface area (TPSA) is 58.6 Å². The zero-order chi connectivity index (χ0) is 23.0. The van der Waals surface area contributed by atoms with Gasteiger partial charge in [0.05, 0.1) is 4.47 Å². The second-order valence-electron chi connectivity index (χ2n) is 7.22. The summed E-state index contributed by atoms with van der Waals surface area (Å²) in [6.45, 7) is 5.79. The van der Waals surface area contributed by atoms with Crippen molar-refractivity contribution < 1.29 is 14.3 Å². The number of rotatable bonds is 10. The summed E-state index contributed by atoms with van der Waals surface area (Å²) in [5.41, 5.74) is 0.764. The van der Waals surface area contributed by atoms with E-state index >= 15 is 0 Å². The van der Waals surface area contributed by atoms with Gasteiger partial charge >= 0.3 is 0 Å². The Morgan fingerprint density at radius 1 is 1.13 bits per heavy atom. The van der Waals surface area contributed by atoms with Crippen LogP contribution in [0.3, 0.4) is 0 Å². The van der Waals surface area contributed by atoms with Crippen LogP contribution < -0.4 is 10.1 Å². The molecule has 168 valence electrons. The maximum absolute atomic E-state index is 13.2. The monoisotopic (exact) mass is 528 g/mol. The number of hydrogen-bond donors (Lipinski definition) is 1. The molecule has 1 N–H and O–H groups in total. The molecule has 2 aromatic carbocycles. The van der Waals surface area contributed by atoms with Crippen LogP contribution in [0.4, 0.5) is 0 Å². The van der Waals surface area contributed by atoms with Gasteiger partial charge in [-0.25, -0.2) is 0 Å². The predicted molar refractivity (Wildman–Crippen MR) is 129 cm³/mol. The second-order valence-corrected chi connectivity index (χ2v) is 8.92. The minimum atomic E-state index is -0.643. The van der Waals surface area contributed by atoms with Gasteiger partial charge in [-0.15, -0.1) is 0 Å². The Hall–Kier alpha value is -1.76. The van der Waals surface area contributed by atoms with E-state index in [1.54, 1.807) is 24.3 Å². The Kier molecular flexibility index (Phi) is 10.1. The maximum atomic E-state index is 13.2. The highest BCUT2D eigenvalue weighted by Crippen LogP contribution is 2.28. The molecule has 0 heterocycles. The van der Waals surface area contributed by atoms with Crippen LogP contribution in [0.5, 0.6) is 5.75 Å². The lowest BCUT2D eigenvalue weighted by atomic mass is 10.1. The van der Waals surface area contributed by atoms with Gasteiger partial charge in [-0.2, -0.15) is 0 Å². The van der Waals surface area contributed by atoms with Crippen LogP contribution in [0.25, 0.3) is 0 Å². The highest BCUT2D eigenvalue weighted by atomic mass is 79.9. The Morgan fingerprint density at radius 3 is 2.45 bits per heavy atom. The van der Waals surface area contributed by atoms with E-state index < -0.39 is 6.04 Å². The van der Waals surface area contributed by atoms with Crippen LogP contribution in [0, 0.1) is 0 Å². The Labute approximate surface area is 202 Å². The lowest BCUT2D eigenvalue weighted by Gasteiger charge is -2.31. The molecule has 31 heavy (non-hydrogen) atoms. The molecule has 0 aliphatic rings. The van der Waals surface area contributed by atoms with Gasteiger partial charge < -0.3 is 15.0 Å². The van der Waals surface area contributed by atoms with Crippen molar-refractivity contribution in [2.45, 2.75) is 52.2 Å². The van der Waals surface area contributed by atoms with Crippen LogP contribution in [-0.4, -0.2) is 35.4 Å². The number of hydrogen-bond acceptors (Lipinski definition) is 3. The molecule has 0 spiro atoms. The van der Waals surface area contributed by atoms with Gasteiger partial charge in [0.1, 0.15) is 11.8 Å². The quantitative estimate of drug-likeness (QED) is 0.419. The number of benzene rings is 2. The molecule has 2 amide bonds. The fourth-order valence-corrected chi connectivity index (χ4v) is 3.98. The first kappa shape index (κ1) is 25.5. The van der Waals surface area contributed by atoms with E-state index in [1.807, 2.05) is 39.0 Å². The van der Waals surface area contributed by atoms with E-state index in [1.165, 1.54) is 4.90 Å². The number of amides is 2. The molecule has 0 radical (unpaired) electrons. The summed E-state index contributed by atoms with van der Waals surface area (Å²) in [7, 11) is 0. The van der Waals surface area contributed by atoms with Gasteiger partial charge in [-0.05, 0) is 65.5 Å². The summed E-state index contributed by atoms with van der Waals surface area (Å²) >= 11 is 15.7. The maximum Gasteiger partial charge on any atom is 0.261 e. The summed E-state index contributed by atoms with van der Waals surface area (Å²) in [4.78, 5) is 27.7. The van der Waals surface area contributed by atoms with Gasteiger partial charge in [-0.1, -0.05) is 55.2 Å². The molecule has 5 nitrogen and oxygen atoms in total. The number of halogens is 3. The third-order valence-electron chi connectivity index (χ3n) is 4.93. The number of nitrogens with one attached hydrogen (secondary N) is 1. The van der Waals surface area contributed by atoms with Crippen molar-refractivity contribution in [2.75, 3.05) is 6.61 Å². The molecule has 0 unspecified atom stereocenters. The molecule has 0 aliphatic carbocycles. The van der Waals surface area contributed by atoms with E-state index in [2.05, 4.69) is 21.2 Å². The van der Waals surface area contributed by atoms with Crippen molar-refractivity contribution in [2.24, 2.45) is 0 Å². The van der Waals surface area contributed by atoms with Crippen LogP contribution >= 0.6 is 39.1 Å². The fraction of sp³-hybridized carbons (Fsp3) is 0.391. The van der Waals surface area contributed by atoms with E-state index in [0.29, 0.717) is 26.7 Å². The second kappa shape index (κ2) is 12.3. The highest BCUT2D eigenvalue weighted by molar-refractivity contribution is 9.10. The first-order valence-electron chi connectivity index (χ1n) is 10.2. The molecular weight excluding hydrogens is 503 g/mol. The van der Waals surface area contributed by atoms with Crippen molar-refractivity contribution in [3.05, 3.63) is 62.5 Å². The van der Waals surface area contributed by atoms with Gasteiger partial charge in [0, 0.05) is 22.6 Å². The molecule has 8 heteroatoms. The number of ether oxygens (including phenoxy) is 1. The van der Waals surface area contributed by atoms with E-state index in [9.17, 15) is 9.59 Å². The first-order chi connectivity index (χ1) is 14.8. The van der Waals surface area contributed by atoms with Gasteiger partial charge in [0.15, 0.2) is 6.61 Å². The molecule has 2 aromatic rings. The van der Waals surface area contributed by atoms with Gasteiger partial charge in [0.25, 0.3) is 5.91 Å². The molecule has 0 aromatic heterocycles. The average molecular weight is 530 g/mol. The standard InChI is InChI=1S/C23H27BrCl2N2O3/c1-4-15(3)27-23(30)20(5-2)28(13-16-8-6-7-9-19(16)26)22(29)14-31-21-11-10-17(25)12-18(21)24/h6-12,15,20H,4-5,13-14H2,1-3H3,(H,27,30)/t15-,20+/m0/s1. The highest BCUT2D eigenvalue weighted by Gasteiger charge is 2.30. The number of carbonyl (C=O) groups excluding carboxylic acids is 2. The summed E-state index contributed by atoms with van der Waals surface area (Å²) in [5.74, 6) is -0.00889. The lowest BCUT2D eigenvalue weighted by molar-refractivity contribution is -0.143. The van der Waals surface area contributed by atoms with Crippen molar-refractivity contribution in [3.63, 3.8) is 0 Å². The van der Waals surface area contributed by atoms with Crippen LogP contribution in [0.2, 0.25) is 10.0 Å². The van der Waals surface area contributed by atoms with Crippen molar-refractivity contribution >= 4 is 50.9 Å². The molecule has 2 rings (SSSR count). The predicted octanol–water partition coefficient (Wildman–Crippen LogP) is 5.86. The van der Waals surface area contributed by atoms with Crippen LogP contribution in [0.15, 0.2) is 46.9 Å². The van der Waals surface area contributed by atoms with Gasteiger partial charge in [0.2, 0.25) is 5.91 Å². The number of carbonyl (C=O) groups is 2. The smallest absolute Gasteiger partial charge is 0.261 e. The largest absolute Gasteiger partial charge is 0.483 e. The summed E-state index contributed by atoms with van der Waals surface area (Å²) in [6, 6.07) is 11.7. The average Bonchev–Trinajstić information content (AvgIpc) is 2.74. The minimum Gasteiger partial charge on any atom is -0.483 e. The summed E-state index contributed by atoms with van der Waals surface area (Å²) in [5, 5.41) is 4.07. The molecule has 0 fully saturated rings. The molecule has 0 saturated heterocycles. The van der Waals surface area contributed by atoms with E-state index in [0.717, 1.165) is 12.0 Å². The Bertz CT molecular complexity index is 910. The Morgan fingerprint density at radius 2 is 1.84 bits per heavy atom. The third-order valence-corrected chi connectivity index (χ3v) is 6.15. The molecule has 0 aliphatic heterocycles. The normalized spacial score (nSPS) is 12.7. The number of nitrogens with zero attached hydrogens (tertiary/aromatic N) is 1. The summed E-state index contributed by atoms with van der Waals surface area (Å²) in [6.07, 6.45) is 1.26. The fourth-order valence-electron chi connectivity index (χ4n) is 2.99. The molecule has 2 atom stereocenters. The zero-order valence-electron chi connectivity index (χ0n) is 17.8. The molecule has 0 saturated carbocycles. The zero-order valence-corrected chi connectivity index (χ0v) is 20.9. The molecule has 0 bridgehead atoms. The van der Waals surface area contributed by atoms with E-state index in [4.69, 9.17) is 27.9 Å². The Balaban J connectivity index is 2.25. The van der Waals surface area contributed by atoms with E-state index in [-0.39, 0.29) is 31.0 Å². The summed E-state index contributed by atoms with van der Waals surface area (Å²) < 4.78 is 6.36. The van der Waals surface area contributed by atoms with Crippen molar-refractivity contribution in [3.8, 4) is 5.75 Å². The van der Waals surface area contributed by atoms with Crippen molar-refractivity contribution in [1.82, 2.24) is 10.2 Å². The SMILES string of the molecule is CC[C@H](C(=O)N[C@@H](C)CC)N(Cc1ccccc1Cl)C(=O)COc1ccc(Cl)cc1Br. The van der Waals surface area contributed by atoms with Crippen LogP contribution in [0.1, 0.15) is 39.2 Å². The van der Waals surface area contributed by atoms with Crippen molar-refractivity contribution in [1.29, 1.82) is 0 Å². The lowest BCUT2D eigenvalue weighted by Crippen LogP contribution is -2.51. The first-order valence-corrected chi connectivity index (χ1v) is 11.7. The van der Waals surface area contributed by atoms with Crippen LogP contribution in [-0.2, 0) is 16.1 Å². The minimum absolute atomic E-state index is 0.0140.